The fourth-order valence-electron chi connectivity index (χ4n) is 3.56. The maximum absolute atomic E-state index is 12.4. The van der Waals surface area contributed by atoms with Crippen LogP contribution in [0.4, 0.5) is 0 Å². The molecule has 0 spiro atoms. The van der Waals surface area contributed by atoms with Gasteiger partial charge in [-0.25, -0.2) is 4.57 Å². The molecule has 30 heavy (non-hydrogen) atoms. The van der Waals surface area contributed by atoms with Gasteiger partial charge in [-0.2, -0.15) is 9.69 Å². The molecule has 1 atom stereocenters. The first kappa shape index (κ1) is 30.1. The lowest BCUT2D eigenvalue weighted by Crippen LogP contribution is -2.26. The van der Waals surface area contributed by atoms with Crippen molar-refractivity contribution in [3.63, 3.8) is 0 Å². The highest BCUT2D eigenvalue weighted by Gasteiger charge is 2.25. The fourth-order valence-corrected chi connectivity index (χ4v) is 4.42. The maximum atomic E-state index is 12.4. The van der Waals surface area contributed by atoms with E-state index in [1.165, 1.54) is 70.6 Å². The van der Waals surface area contributed by atoms with E-state index in [0.717, 1.165) is 44.9 Å². The Hall–Kier alpha value is 0.0700. The van der Waals surface area contributed by atoms with Crippen molar-refractivity contribution in [2.45, 2.75) is 136 Å². The van der Waals surface area contributed by atoms with Crippen LogP contribution in [0.5, 0.6) is 0 Å². The average Bonchev–Trinajstić information content (AvgIpc) is 2.72. The zero-order valence-corrected chi connectivity index (χ0v) is 21.3. The molecular formula is C24H52NO4P. The number of rotatable bonds is 24. The predicted octanol–water partition coefficient (Wildman–Crippen LogP) is 8.42. The van der Waals surface area contributed by atoms with Crippen molar-refractivity contribution in [2.24, 2.45) is 0 Å². The largest absolute Gasteiger partial charge is 0.489 e. The van der Waals surface area contributed by atoms with Gasteiger partial charge in [-0.1, -0.05) is 117 Å². The first-order valence-corrected chi connectivity index (χ1v) is 14.5. The standard InChI is InChI=1S/C24H52NO4P/c1-4-7-10-13-16-19-22-25(23-20-17-14-11-8-5-2)29-30(26,27)28-24-21-18-15-12-9-6-3/h4-24H2,1-3H3,(H,26,27). The summed E-state index contributed by atoms with van der Waals surface area (Å²) in [4.78, 5) is 10.1. The van der Waals surface area contributed by atoms with Gasteiger partial charge in [0.25, 0.3) is 0 Å². The van der Waals surface area contributed by atoms with Gasteiger partial charge in [0.1, 0.15) is 0 Å². The summed E-state index contributed by atoms with van der Waals surface area (Å²) in [6.07, 6.45) is 21.1. The molecule has 6 heteroatoms. The van der Waals surface area contributed by atoms with Crippen molar-refractivity contribution in [1.29, 1.82) is 0 Å². The van der Waals surface area contributed by atoms with E-state index in [4.69, 9.17) is 9.15 Å². The molecule has 5 nitrogen and oxygen atoms in total. The quantitative estimate of drug-likeness (QED) is 0.0910. The second kappa shape index (κ2) is 22.3. The van der Waals surface area contributed by atoms with Crippen molar-refractivity contribution in [3.05, 3.63) is 0 Å². The number of nitrogens with zero attached hydrogens (tertiary/aromatic N) is 1. The fraction of sp³-hybridized carbons (Fsp3) is 1.00. The number of hydrogen-bond donors (Lipinski definition) is 1. The second-order valence-electron chi connectivity index (χ2n) is 8.62. The Bertz CT molecular complexity index is 379. The van der Waals surface area contributed by atoms with Crippen LogP contribution in [-0.2, 0) is 13.7 Å². The van der Waals surface area contributed by atoms with Crippen LogP contribution in [0.25, 0.3) is 0 Å². The summed E-state index contributed by atoms with van der Waals surface area (Å²) in [6.45, 7) is 8.34. The van der Waals surface area contributed by atoms with Crippen molar-refractivity contribution in [2.75, 3.05) is 19.7 Å². The van der Waals surface area contributed by atoms with E-state index in [2.05, 4.69) is 20.8 Å². The lowest BCUT2D eigenvalue weighted by atomic mass is 10.1. The number of phosphoric ester groups is 1. The zero-order chi connectivity index (χ0) is 22.3. The van der Waals surface area contributed by atoms with Crippen molar-refractivity contribution >= 4 is 7.82 Å². The average molecular weight is 450 g/mol. The SMILES string of the molecule is CCCCCCCCOP(=O)(O)ON(CCCCCCCC)CCCCCCCC. The monoisotopic (exact) mass is 449 g/mol. The smallest absolute Gasteiger partial charge is 0.301 e. The molecule has 0 aliphatic carbocycles. The lowest BCUT2D eigenvalue weighted by Gasteiger charge is -2.24. The van der Waals surface area contributed by atoms with Crippen LogP contribution in [0.2, 0.25) is 0 Å². The summed E-state index contributed by atoms with van der Waals surface area (Å²) < 4.78 is 23.1. The summed E-state index contributed by atoms with van der Waals surface area (Å²) in [5.41, 5.74) is 0. The summed E-state index contributed by atoms with van der Waals surface area (Å²) >= 11 is 0. The molecule has 0 saturated carbocycles. The highest BCUT2D eigenvalue weighted by molar-refractivity contribution is 7.47. The molecule has 0 amide bonds. The topological polar surface area (TPSA) is 59.0 Å². The van der Waals surface area contributed by atoms with Crippen molar-refractivity contribution in [1.82, 2.24) is 5.06 Å². The summed E-state index contributed by atoms with van der Waals surface area (Å²) in [5, 5.41) is 1.70. The first-order valence-electron chi connectivity index (χ1n) is 13.0. The molecule has 0 aromatic rings. The van der Waals surface area contributed by atoms with Crippen LogP contribution in [0.3, 0.4) is 0 Å². The van der Waals surface area contributed by atoms with Crippen LogP contribution in [0, 0.1) is 0 Å². The van der Waals surface area contributed by atoms with Crippen LogP contribution < -0.4 is 0 Å². The molecule has 0 radical (unpaired) electrons. The minimum atomic E-state index is -4.02. The Morgan fingerprint density at radius 3 is 1.40 bits per heavy atom. The van der Waals surface area contributed by atoms with E-state index in [0.29, 0.717) is 19.7 Å². The van der Waals surface area contributed by atoms with E-state index >= 15 is 0 Å². The Morgan fingerprint density at radius 1 is 0.600 bits per heavy atom. The molecule has 0 aliphatic heterocycles. The Labute approximate surface area is 187 Å². The van der Waals surface area contributed by atoms with Crippen LogP contribution in [0.1, 0.15) is 136 Å². The van der Waals surface area contributed by atoms with E-state index < -0.39 is 7.82 Å². The minimum absolute atomic E-state index is 0.293. The van der Waals surface area contributed by atoms with Crippen LogP contribution in [0.15, 0.2) is 0 Å². The third-order valence-electron chi connectivity index (χ3n) is 5.49. The van der Waals surface area contributed by atoms with Gasteiger partial charge in [0.05, 0.1) is 6.61 Å². The maximum Gasteiger partial charge on any atom is 0.489 e. The van der Waals surface area contributed by atoms with Gasteiger partial charge >= 0.3 is 7.82 Å². The molecule has 0 rings (SSSR count). The Balaban J connectivity index is 4.19. The van der Waals surface area contributed by atoms with Gasteiger partial charge in [-0.15, -0.1) is 0 Å². The summed E-state index contributed by atoms with van der Waals surface area (Å²) in [5.74, 6) is 0. The number of unbranched alkanes of at least 4 members (excludes halogenated alkanes) is 15. The molecule has 182 valence electrons. The van der Waals surface area contributed by atoms with Gasteiger partial charge in [0, 0.05) is 13.1 Å². The van der Waals surface area contributed by atoms with Crippen molar-refractivity contribution < 1.29 is 18.6 Å². The molecule has 0 aliphatic rings. The van der Waals surface area contributed by atoms with Gasteiger partial charge in [-0.05, 0) is 19.3 Å². The zero-order valence-electron chi connectivity index (χ0n) is 20.4. The van der Waals surface area contributed by atoms with E-state index in [9.17, 15) is 9.46 Å². The lowest BCUT2D eigenvalue weighted by molar-refractivity contribution is -0.0885. The molecule has 1 unspecified atom stereocenters. The molecule has 0 fully saturated rings. The molecule has 1 N–H and O–H groups in total. The number of phosphoric acid groups is 1. The number of hydrogen-bond acceptors (Lipinski definition) is 4. The van der Waals surface area contributed by atoms with Gasteiger partial charge in [0.2, 0.25) is 0 Å². The van der Waals surface area contributed by atoms with Crippen LogP contribution in [-0.4, -0.2) is 29.7 Å². The van der Waals surface area contributed by atoms with Crippen molar-refractivity contribution in [3.8, 4) is 0 Å². The second-order valence-corrected chi connectivity index (χ2v) is 9.97. The predicted molar refractivity (Wildman–Crippen MR) is 129 cm³/mol. The summed E-state index contributed by atoms with van der Waals surface area (Å²) in [6, 6.07) is 0. The van der Waals surface area contributed by atoms with Crippen LogP contribution >= 0.6 is 7.82 Å². The van der Waals surface area contributed by atoms with E-state index in [1.807, 2.05) is 0 Å². The highest BCUT2D eigenvalue weighted by atomic mass is 31.2. The van der Waals surface area contributed by atoms with Gasteiger partial charge < -0.3 is 4.89 Å². The van der Waals surface area contributed by atoms with Gasteiger partial charge in [-0.3, -0.25) is 4.52 Å². The molecule has 0 aromatic heterocycles. The third kappa shape index (κ3) is 21.3. The molecule has 0 heterocycles. The minimum Gasteiger partial charge on any atom is -0.301 e. The Morgan fingerprint density at radius 2 is 0.967 bits per heavy atom. The highest BCUT2D eigenvalue weighted by Crippen LogP contribution is 2.44. The third-order valence-corrected chi connectivity index (χ3v) is 6.44. The number of hydroxylamine groups is 2. The van der Waals surface area contributed by atoms with Gasteiger partial charge in [0.15, 0.2) is 0 Å². The van der Waals surface area contributed by atoms with E-state index in [-0.39, 0.29) is 0 Å². The summed E-state index contributed by atoms with van der Waals surface area (Å²) in [7, 11) is -4.02. The first-order chi connectivity index (χ1) is 14.6. The normalized spacial score (nSPS) is 13.8. The van der Waals surface area contributed by atoms with E-state index in [1.54, 1.807) is 5.06 Å². The Kier molecular flexibility index (Phi) is 22.3. The molecule has 0 aromatic carbocycles. The molecular weight excluding hydrogens is 397 g/mol. The molecule has 0 saturated heterocycles. The molecule has 0 bridgehead atoms.